The number of hydrogen-bond donors (Lipinski definition) is 2. The number of halogens is 1. The van der Waals surface area contributed by atoms with E-state index in [0.717, 1.165) is 30.4 Å². The first-order valence-corrected chi connectivity index (χ1v) is 8.50. The fraction of sp³-hybridized carbons (Fsp3) is 0.350. The summed E-state index contributed by atoms with van der Waals surface area (Å²) in [6, 6.07) is 18.0. The van der Waals surface area contributed by atoms with Crippen LogP contribution in [0.2, 0.25) is 0 Å². The molecule has 0 amide bonds. The van der Waals surface area contributed by atoms with Gasteiger partial charge in [0.1, 0.15) is 17.6 Å². The predicted molar refractivity (Wildman–Crippen MR) is 118 cm³/mol. The monoisotopic (exact) mass is 469 g/mol. The number of benzene rings is 2. The Kier molecular flexibility index (Phi) is 10.5. The molecule has 1 atom stereocenters. The van der Waals surface area contributed by atoms with E-state index in [1.54, 1.807) is 14.2 Å². The Hall–Kier alpha value is -1.96. The average Bonchev–Trinajstić information content (AvgIpc) is 2.65. The van der Waals surface area contributed by atoms with Crippen LogP contribution < -0.4 is 20.1 Å². The van der Waals surface area contributed by atoms with Crippen LogP contribution in [0.5, 0.6) is 11.5 Å². The summed E-state index contributed by atoms with van der Waals surface area (Å²) in [4.78, 5) is 4.24. The number of guanidine groups is 1. The lowest BCUT2D eigenvalue weighted by molar-refractivity contribution is 0.223. The Bertz CT molecular complexity index is 665. The van der Waals surface area contributed by atoms with Crippen LogP contribution in [-0.4, -0.2) is 39.3 Å². The molecule has 0 fully saturated rings. The molecule has 0 aliphatic rings. The van der Waals surface area contributed by atoms with E-state index in [1.165, 1.54) is 5.56 Å². The maximum Gasteiger partial charge on any atom is 0.191 e. The van der Waals surface area contributed by atoms with Gasteiger partial charge in [0.05, 0.1) is 13.7 Å². The topological polar surface area (TPSA) is 54.9 Å². The van der Waals surface area contributed by atoms with E-state index in [0.29, 0.717) is 6.54 Å². The molecule has 0 aliphatic heterocycles. The first-order chi connectivity index (χ1) is 12.2. The summed E-state index contributed by atoms with van der Waals surface area (Å²) >= 11 is 0. The third-order valence-corrected chi connectivity index (χ3v) is 3.71. The molecule has 2 aromatic carbocycles. The number of ether oxygens (including phenoxy) is 2. The summed E-state index contributed by atoms with van der Waals surface area (Å²) in [6.45, 7) is 3.50. The van der Waals surface area contributed by atoms with E-state index in [2.05, 4.69) is 39.9 Å². The normalized spacial score (nSPS) is 11.9. The van der Waals surface area contributed by atoms with Crippen LogP contribution in [0, 0.1) is 0 Å². The highest BCUT2D eigenvalue weighted by molar-refractivity contribution is 14.0. The summed E-state index contributed by atoms with van der Waals surface area (Å²) in [5.41, 5.74) is 1.31. The van der Waals surface area contributed by atoms with Crippen molar-refractivity contribution in [3.05, 3.63) is 60.2 Å². The number of methoxy groups -OCH3 is 1. The zero-order valence-electron chi connectivity index (χ0n) is 15.6. The van der Waals surface area contributed by atoms with Crippen molar-refractivity contribution in [3.63, 3.8) is 0 Å². The first-order valence-electron chi connectivity index (χ1n) is 8.50. The van der Waals surface area contributed by atoms with Crippen molar-refractivity contribution in [2.75, 3.05) is 27.2 Å². The molecule has 0 radical (unpaired) electrons. The van der Waals surface area contributed by atoms with Crippen LogP contribution in [0.3, 0.4) is 0 Å². The molecule has 0 saturated carbocycles. The Balaban J connectivity index is 0.00000338. The lowest BCUT2D eigenvalue weighted by Gasteiger charge is -2.18. The number of aliphatic imine (C=N–C) groups is 1. The van der Waals surface area contributed by atoms with Crippen molar-refractivity contribution in [3.8, 4) is 11.5 Å². The van der Waals surface area contributed by atoms with Gasteiger partial charge in [0.25, 0.3) is 0 Å². The third-order valence-electron chi connectivity index (χ3n) is 3.71. The third kappa shape index (κ3) is 7.95. The molecule has 0 heterocycles. The zero-order valence-corrected chi connectivity index (χ0v) is 17.9. The van der Waals surface area contributed by atoms with Gasteiger partial charge in [-0.1, -0.05) is 36.4 Å². The van der Waals surface area contributed by atoms with Gasteiger partial charge in [0.15, 0.2) is 5.96 Å². The molecular formula is C20H28IN3O2. The summed E-state index contributed by atoms with van der Waals surface area (Å²) < 4.78 is 11.1. The van der Waals surface area contributed by atoms with Gasteiger partial charge in [0.2, 0.25) is 0 Å². The van der Waals surface area contributed by atoms with Crippen LogP contribution in [0.25, 0.3) is 0 Å². The molecule has 1 unspecified atom stereocenters. The molecule has 0 aromatic heterocycles. The van der Waals surface area contributed by atoms with Crippen molar-refractivity contribution in [2.24, 2.45) is 4.99 Å². The SMILES string of the molecule is CN=C(NCCc1ccccc1)NCC(C)Oc1cccc(OC)c1.I. The van der Waals surface area contributed by atoms with E-state index in [4.69, 9.17) is 9.47 Å². The van der Waals surface area contributed by atoms with E-state index >= 15 is 0 Å². The number of nitrogens with one attached hydrogen (secondary N) is 2. The molecule has 6 heteroatoms. The Morgan fingerprint density at radius 3 is 2.46 bits per heavy atom. The molecule has 2 rings (SSSR count). The molecule has 2 N–H and O–H groups in total. The average molecular weight is 469 g/mol. The van der Waals surface area contributed by atoms with E-state index in [9.17, 15) is 0 Å². The van der Waals surface area contributed by atoms with Crippen molar-refractivity contribution in [1.29, 1.82) is 0 Å². The molecule has 26 heavy (non-hydrogen) atoms. The number of hydrogen-bond acceptors (Lipinski definition) is 3. The van der Waals surface area contributed by atoms with Gasteiger partial charge in [0, 0.05) is 19.7 Å². The smallest absolute Gasteiger partial charge is 0.191 e. The maximum atomic E-state index is 5.90. The van der Waals surface area contributed by atoms with Crippen LogP contribution in [-0.2, 0) is 6.42 Å². The molecule has 5 nitrogen and oxygen atoms in total. The lowest BCUT2D eigenvalue weighted by atomic mass is 10.1. The minimum Gasteiger partial charge on any atom is -0.497 e. The fourth-order valence-corrected chi connectivity index (χ4v) is 2.38. The van der Waals surface area contributed by atoms with Gasteiger partial charge in [-0.15, -0.1) is 24.0 Å². The summed E-state index contributed by atoms with van der Waals surface area (Å²) in [5.74, 6) is 2.36. The minimum atomic E-state index is -0.000204. The highest BCUT2D eigenvalue weighted by Crippen LogP contribution is 2.19. The Morgan fingerprint density at radius 1 is 1.04 bits per heavy atom. The fourth-order valence-electron chi connectivity index (χ4n) is 2.38. The molecule has 142 valence electrons. The predicted octanol–water partition coefficient (Wildman–Crippen LogP) is 3.49. The Morgan fingerprint density at radius 2 is 1.77 bits per heavy atom. The van der Waals surface area contributed by atoms with Crippen molar-refractivity contribution in [2.45, 2.75) is 19.4 Å². The van der Waals surface area contributed by atoms with Gasteiger partial charge in [-0.25, -0.2) is 0 Å². The van der Waals surface area contributed by atoms with Gasteiger partial charge in [-0.2, -0.15) is 0 Å². The minimum absolute atomic E-state index is 0. The maximum absolute atomic E-state index is 5.90. The quantitative estimate of drug-likeness (QED) is 0.353. The first kappa shape index (κ1) is 22.1. The second kappa shape index (κ2) is 12.4. The van der Waals surface area contributed by atoms with Crippen molar-refractivity contribution in [1.82, 2.24) is 10.6 Å². The van der Waals surface area contributed by atoms with Crippen LogP contribution in [0.4, 0.5) is 0 Å². The van der Waals surface area contributed by atoms with Gasteiger partial charge < -0.3 is 20.1 Å². The number of nitrogens with zero attached hydrogens (tertiary/aromatic N) is 1. The van der Waals surface area contributed by atoms with Crippen LogP contribution in [0.15, 0.2) is 59.6 Å². The van der Waals surface area contributed by atoms with E-state index in [1.807, 2.05) is 37.3 Å². The van der Waals surface area contributed by atoms with E-state index in [-0.39, 0.29) is 30.1 Å². The molecule has 0 aliphatic carbocycles. The molecule has 2 aromatic rings. The van der Waals surface area contributed by atoms with Crippen LogP contribution >= 0.6 is 24.0 Å². The standard InChI is InChI=1S/C20H27N3O2.HI/c1-16(25-19-11-7-10-18(14-19)24-3)15-23-20(21-2)22-13-12-17-8-5-4-6-9-17;/h4-11,14,16H,12-13,15H2,1-3H3,(H2,21,22,23);1H. The zero-order chi connectivity index (χ0) is 17.9. The highest BCUT2D eigenvalue weighted by Gasteiger charge is 2.06. The highest BCUT2D eigenvalue weighted by atomic mass is 127. The molecule has 0 saturated heterocycles. The lowest BCUT2D eigenvalue weighted by Crippen LogP contribution is -2.42. The number of rotatable bonds is 8. The van der Waals surface area contributed by atoms with Crippen LogP contribution in [0.1, 0.15) is 12.5 Å². The summed E-state index contributed by atoms with van der Waals surface area (Å²) in [5, 5.41) is 6.61. The molecular weight excluding hydrogens is 441 g/mol. The Labute approximate surface area is 173 Å². The summed E-state index contributed by atoms with van der Waals surface area (Å²) in [6.07, 6.45) is 0.956. The van der Waals surface area contributed by atoms with Gasteiger partial charge in [-0.3, -0.25) is 4.99 Å². The van der Waals surface area contributed by atoms with Crippen molar-refractivity contribution < 1.29 is 9.47 Å². The second-order valence-electron chi connectivity index (χ2n) is 5.72. The molecule has 0 spiro atoms. The summed E-state index contributed by atoms with van der Waals surface area (Å²) in [7, 11) is 3.42. The van der Waals surface area contributed by atoms with Gasteiger partial charge >= 0.3 is 0 Å². The largest absolute Gasteiger partial charge is 0.497 e. The molecule has 0 bridgehead atoms. The van der Waals surface area contributed by atoms with E-state index < -0.39 is 0 Å². The van der Waals surface area contributed by atoms with Gasteiger partial charge in [-0.05, 0) is 31.0 Å². The second-order valence-corrected chi connectivity index (χ2v) is 5.72. The van der Waals surface area contributed by atoms with Crippen molar-refractivity contribution >= 4 is 29.9 Å².